The van der Waals surface area contributed by atoms with Gasteiger partial charge in [0.15, 0.2) is 0 Å². The first-order chi connectivity index (χ1) is 14.6. The monoisotopic (exact) mass is 427 g/mol. The Morgan fingerprint density at radius 2 is 1.71 bits per heavy atom. The first-order valence-electron chi connectivity index (χ1n) is 11.5. The topological polar surface area (TPSA) is 42.4 Å². The summed E-state index contributed by atoms with van der Waals surface area (Å²) in [5.74, 6) is -1.08. The van der Waals surface area contributed by atoms with E-state index in [4.69, 9.17) is 9.72 Å². The van der Waals surface area contributed by atoms with Crippen LogP contribution in [0.3, 0.4) is 0 Å². The minimum Gasteiger partial charge on any atom is -0.388 e. The average Bonchev–Trinajstić information content (AvgIpc) is 3.25. The summed E-state index contributed by atoms with van der Waals surface area (Å²) in [4.78, 5) is 5.08. The van der Waals surface area contributed by atoms with Crippen LogP contribution in [0.15, 0.2) is 18.2 Å². The van der Waals surface area contributed by atoms with Crippen molar-refractivity contribution in [2.75, 3.05) is 0 Å². The molecule has 0 radical (unpaired) electrons. The molecular weight excluding hydrogens is 396 g/mol. The third kappa shape index (κ3) is 3.32. The molecule has 0 saturated heterocycles. The van der Waals surface area contributed by atoms with Crippen LogP contribution >= 0.6 is 0 Å². The van der Waals surface area contributed by atoms with Crippen molar-refractivity contribution in [3.05, 3.63) is 63.5 Å². The lowest BCUT2D eigenvalue weighted by Crippen LogP contribution is -2.32. The fourth-order valence-corrected chi connectivity index (χ4v) is 6.14. The predicted octanol–water partition coefficient (Wildman–Crippen LogP) is 6.38. The summed E-state index contributed by atoms with van der Waals surface area (Å²) in [6, 6.07) is 3.63. The molecule has 0 bridgehead atoms. The van der Waals surface area contributed by atoms with Crippen LogP contribution in [0.1, 0.15) is 112 Å². The highest BCUT2D eigenvalue weighted by Gasteiger charge is 2.52. The van der Waals surface area contributed by atoms with Crippen molar-refractivity contribution < 1.29 is 18.6 Å². The summed E-state index contributed by atoms with van der Waals surface area (Å²) in [5, 5.41) is 11.3. The van der Waals surface area contributed by atoms with Crippen LogP contribution in [-0.2, 0) is 16.8 Å². The number of halogens is 2. The summed E-state index contributed by atoms with van der Waals surface area (Å²) in [7, 11) is 0. The minimum absolute atomic E-state index is 0.0324. The Balaban J connectivity index is 1.81. The minimum atomic E-state index is -0.606. The molecule has 1 aromatic carbocycles. The van der Waals surface area contributed by atoms with Crippen molar-refractivity contribution in [1.82, 2.24) is 4.98 Å². The van der Waals surface area contributed by atoms with E-state index in [1.807, 2.05) is 0 Å². The predicted molar refractivity (Wildman–Crippen MR) is 115 cm³/mol. The number of aliphatic hydroxyl groups excluding tert-OH is 1. The zero-order valence-electron chi connectivity index (χ0n) is 18.8. The molecule has 31 heavy (non-hydrogen) atoms. The molecule has 1 aromatic heterocycles. The first kappa shape index (κ1) is 21.0. The maximum absolute atomic E-state index is 14.2. The van der Waals surface area contributed by atoms with E-state index in [0.717, 1.165) is 66.2 Å². The normalized spacial score (nSPS) is 25.8. The molecule has 5 rings (SSSR count). The van der Waals surface area contributed by atoms with Gasteiger partial charge in [0.25, 0.3) is 0 Å². The zero-order valence-corrected chi connectivity index (χ0v) is 18.8. The molecule has 1 saturated carbocycles. The second kappa shape index (κ2) is 7.08. The van der Waals surface area contributed by atoms with Gasteiger partial charge in [-0.05, 0) is 60.3 Å². The van der Waals surface area contributed by atoms with Gasteiger partial charge < -0.3 is 9.84 Å². The number of benzene rings is 1. The van der Waals surface area contributed by atoms with E-state index in [-0.39, 0.29) is 11.3 Å². The number of rotatable bonds is 2. The van der Waals surface area contributed by atoms with E-state index in [0.29, 0.717) is 12.0 Å². The Hall–Kier alpha value is -1.85. The van der Waals surface area contributed by atoms with Crippen LogP contribution in [-0.4, -0.2) is 10.1 Å². The summed E-state index contributed by atoms with van der Waals surface area (Å²) >= 11 is 0. The van der Waals surface area contributed by atoms with Crippen molar-refractivity contribution in [2.45, 2.75) is 89.9 Å². The smallest absolute Gasteiger partial charge is 0.126 e. The van der Waals surface area contributed by atoms with Crippen LogP contribution in [0.25, 0.3) is 0 Å². The molecule has 2 heterocycles. The van der Waals surface area contributed by atoms with Gasteiger partial charge in [0.2, 0.25) is 0 Å². The molecule has 2 aliphatic carbocycles. The fourth-order valence-electron chi connectivity index (χ4n) is 6.14. The Kier molecular flexibility index (Phi) is 4.80. The molecule has 3 nitrogen and oxygen atoms in total. The number of aromatic nitrogens is 1. The van der Waals surface area contributed by atoms with Gasteiger partial charge in [-0.3, -0.25) is 4.98 Å². The van der Waals surface area contributed by atoms with E-state index < -0.39 is 29.4 Å². The third-order valence-electron chi connectivity index (χ3n) is 7.31. The molecule has 1 N–H and O–H groups in total. The van der Waals surface area contributed by atoms with Crippen molar-refractivity contribution in [3.63, 3.8) is 0 Å². The first-order valence-corrected chi connectivity index (χ1v) is 11.5. The number of fused-ring (bicyclic) bond motifs is 4. The number of nitrogens with zero attached hydrogens (tertiary/aromatic N) is 1. The molecule has 1 aliphatic heterocycles. The standard InChI is InChI=1S/C26H31F2NO2/c1-14(2)23-21-22(20-18(29-23)12-25(3,4)13-19(20)30)26(7-5-6-8-26)31-24(21)15-9-16(27)11-17(28)10-15/h9-11,14,19,24,30H,5-8,12-13H2,1-4H3/t19-,24+/m0/s1. The van der Waals surface area contributed by atoms with Crippen molar-refractivity contribution in [3.8, 4) is 0 Å². The van der Waals surface area contributed by atoms with E-state index in [2.05, 4.69) is 27.7 Å². The van der Waals surface area contributed by atoms with E-state index in [1.54, 1.807) is 0 Å². The number of pyridine rings is 1. The van der Waals surface area contributed by atoms with Crippen LogP contribution in [0.5, 0.6) is 0 Å². The van der Waals surface area contributed by atoms with Gasteiger partial charge in [0.05, 0.1) is 11.7 Å². The van der Waals surface area contributed by atoms with E-state index in [1.165, 1.54) is 12.1 Å². The largest absolute Gasteiger partial charge is 0.388 e. The summed E-state index contributed by atoms with van der Waals surface area (Å²) in [5.41, 5.74) is 4.74. The van der Waals surface area contributed by atoms with Gasteiger partial charge in [-0.25, -0.2) is 8.78 Å². The van der Waals surface area contributed by atoms with Gasteiger partial charge in [0, 0.05) is 28.6 Å². The Morgan fingerprint density at radius 3 is 2.32 bits per heavy atom. The summed E-state index contributed by atoms with van der Waals surface area (Å²) < 4.78 is 35.1. The molecule has 0 unspecified atom stereocenters. The van der Waals surface area contributed by atoms with Gasteiger partial charge in [-0.15, -0.1) is 0 Å². The number of aliphatic hydroxyl groups is 1. The fraction of sp³-hybridized carbons (Fsp3) is 0.577. The summed E-state index contributed by atoms with van der Waals surface area (Å²) in [6.07, 6.45) is 4.10. The second-order valence-electron chi connectivity index (χ2n) is 10.8. The van der Waals surface area contributed by atoms with Gasteiger partial charge >= 0.3 is 0 Å². The van der Waals surface area contributed by atoms with Crippen LogP contribution < -0.4 is 0 Å². The molecule has 3 aliphatic rings. The second-order valence-corrected chi connectivity index (χ2v) is 10.8. The maximum Gasteiger partial charge on any atom is 0.126 e. The molecular formula is C26H31F2NO2. The average molecular weight is 428 g/mol. The lowest BCUT2D eigenvalue weighted by atomic mass is 9.70. The molecule has 166 valence electrons. The lowest BCUT2D eigenvalue weighted by molar-refractivity contribution is -0.0582. The van der Waals surface area contributed by atoms with Crippen LogP contribution in [0.2, 0.25) is 0 Å². The zero-order chi connectivity index (χ0) is 22.1. The highest BCUT2D eigenvalue weighted by atomic mass is 19.1. The SMILES string of the molecule is CC(C)c1nc2c(c3c1[C@@H](c1cc(F)cc(F)c1)OC31CCCC1)[C@@H](O)CC(C)(C)C2. The van der Waals surface area contributed by atoms with E-state index in [9.17, 15) is 13.9 Å². The highest BCUT2D eigenvalue weighted by Crippen LogP contribution is 2.59. The summed E-state index contributed by atoms with van der Waals surface area (Å²) in [6.45, 7) is 8.54. The van der Waals surface area contributed by atoms with Crippen molar-refractivity contribution in [2.24, 2.45) is 5.41 Å². The lowest BCUT2D eigenvalue weighted by Gasteiger charge is -2.38. The molecule has 1 fully saturated rings. The van der Waals surface area contributed by atoms with Crippen LogP contribution in [0.4, 0.5) is 8.78 Å². The van der Waals surface area contributed by atoms with Gasteiger partial charge in [-0.2, -0.15) is 0 Å². The number of ether oxygens (including phenoxy) is 1. The number of hydrogen-bond donors (Lipinski definition) is 1. The van der Waals surface area contributed by atoms with Crippen molar-refractivity contribution in [1.29, 1.82) is 0 Å². The Labute approximate surface area is 182 Å². The molecule has 1 spiro atoms. The van der Waals surface area contributed by atoms with Crippen molar-refractivity contribution >= 4 is 0 Å². The molecule has 2 aromatic rings. The van der Waals surface area contributed by atoms with Gasteiger partial charge in [0.1, 0.15) is 17.7 Å². The Bertz CT molecular complexity index is 1020. The highest BCUT2D eigenvalue weighted by molar-refractivity contribution is 5.54. The quantitative estimate of drug-likeness (QED) is 0.605. The van der Waals surface area contributed by atoms with Crippen LogP contribution in [0, 0.1) is 17.0 Å². The Morgan fingerprint density at radius 1 is 1.06 bits per heavy atom. The molecule has 2 atom stereocenters. The van der Waals surface area contributed by atoms with E-state index >= 15 is 0 Å². The molecule has 5 heteroatoms. The molecule has 0 amide bonds. The maximum atomic E-state index is 14.2. The number of hydrogen-bond acceptors (Lipinski definition) is 3. The van der Waals surface area contributed by atoms with Gasteiger partial charge in [-0.1, -0.05) is 40.5 Å². The third-order valence-corrected chi connectivity index (χ3v) is 7.31.